The van der Waals surface area contributed by atoms with E-state index in [4.69, 9.17) is 0 Å². The van der Waals surface area contributed by atoms with Gasteiger partial charge < -0.3 is 4.48 Å². The molecular weight excluding hydrogens is 747 g/mol. The summed E-state index contributed by atoms with van der Waals surface area (Å²) in [6.07, 6.45) is 73.3. The number of nitrogens with zero attached hydrogens (tertiary/aromatic N) is 1. The Morgan fingerprint density at radius 3 is 0.758 bits per heavy atom. The van der Waals surface area contributed by atoms with Crippen LogP contribution in [0.15, 0.2) is 66.8 Å². The van der Waals surface area contributed by atoms with Gasteiger partial charge in [0.25, 0.3) is 0 Å². The number of rotatable bonds is 50. The zero-order valence-corrected chi connectivity index (χ0v) is 42.8. The standard InChI is InChI=1S/C61H112N/c1-4-7-10-13-16-19-22-25-28-31-34-37-40-43-46-52-57-62(60-61-55-50-49-51-56-61,58-53-47-44-41-38-35-32-29-26-23-20-17-14-11-8-5-2)59-54-48-45-42-39-36-33-30-27-24-21-18-15-12-9-6-3/h16-21,49-51,55-56H,4-15,22-48,52-54,57-60H2,1-3H3/q+1/b19-16+,20-17+,21-18+. The maximum atomic E-state index is 2.45. The van der Waals surface area contributed by atoms with Gasteiger partial charge in [0.2, 0.25) is 0 Å². The van der Waals surface area contributed by atoms with Crippen molar-refractivity contribution in [3.63, 3.8) is 0 Å². The van der Waals surface area contributed by atoms with Crippen molar-refractivity contribution in [2.24, 2.45) is 0 Å². The van der Waals surface area contributed by atoms with Crippen molar-refractivity contribution in [3.05, 3.63) is 72.4 Å². The maximum absolute atomic E-state index is 2.45. The van der Waals surface area contributed by atoms with Crippen LogP contribution in [-0.4, -0.2) is 24.1 Å². The average Bonchev–Trinajstić information content (AvgIpc) is 3.29. The van der Waals surface area contributed by atoms with Crippen LogP contribution >= 0.6 is 0 Å². The molecule has 0 aliphatic rings. The summed E-state index contributed by atoms with van der Waals surface area (Å²) in [5.41, 5.74) is 1.57. The van der Waals surface area contributed by atoms with Crippen LogP contribution in [0, 0.1) is 0 Å². The lowest BCUT2D eigenvalue weighted by Crippen LogP contribution is -2.49. The first-order valence-corrected chi connectivity index (χ1v) is 28.6. The van der Waals surface area contributed by atoms with Crippen LogP contribution < -0.4 is 0 Å². The molecule has 0 aliphatic heterocycles. The van der Waals surface area contributed by atoms with E-state index in [9.17, 15) is 0 Å². The quantitative estimate of drug-likeness (QED) is 0.0348. The van der Waals surface area contributed by atoms with Crippen LogP contribution in [0.5, 0.6) is 0 Å². The first kappa shape index (κ1) is 58.4. The molecule has 360 valence electrons. The highest BCUT2D eigenvalue weighted by Crippen LogP contribution is 2.23. The highest BCUT2D eigenvalue weighted by molar-refractivity contribution is 5.13. The molecule has 0 aliphatic carbocycles. The van der Waals surface area contributed by atoms with Crippen molar-refractivity contribution < 1.29 is 4.48 Å². The average molecular weight is 860 g/mol. The molecular formula is C61H112N+. The van der Waals surface area contributed by atoms with Crippen LogP contribution in [0.1, 0.15) is 296 Å². The number of quaternary nitrogens is 1. The molecule has 0 bridgehead atoms. The van der Waals surface area contributed by atoms with Crippen molar-refractivity contribution in [2.45, 2.75) is 297 Å². The second-order valence-corrected chi connectivity index (χ2v) is 20.0. The fourth-order valence-electron chi connectivity index (χ4n) is 9.63. The zero-order chi connectivity index (χ0) is 44.4. The van der Waals surface area contributed by atoms with Gasteiger partial charge in [-0.25, -0.2) is 0 Å². The number of hydrogen-bond acceptors (Lipinski definition) is 0. The van der Waals surface area contributed by atoms with Crippen molar-refractivity contribution in [1.82, 2.24) is 0 Å². The first-order valence-electron chi connectivity index (χ1n) is 28.6. The van der Waals surface area contributed by atoms with E-state index in [2.05, 4.69) is 87.6 Å². The Labute approximate surface area is 391 Å². The van der Waals surface area contributed by atoms with E-state index in [1.807, 2.05) is 0 Å². The SMILES string of the molecule is CCCCC/C=C/CCCCCCCCCCC[N+](CCCCCCCCCCC/C=C/CCCCC)(CCCCCCCCCCC/C=C/CCCCC)Cc1ccccc1. The Hall–Kier alpha value is -1.60. The topological polar surface area (TPSA) is 0 Å². The molecule has 1 nitrogen and oxygen atoms in total. The van der Waals surface area contributed by atoms with Gasteiger partial charge >= 0.3 is 0 Å². The molecule has 1 aromatic rings. The molecule has 0 N–H and O–H groups in total. The molecule has 62 heavy (non-hydrogen) atoms. The van der Waals surface area contributed by atoms with E-state index in [0.717, 1.165) is 0 Å². The fraction of sp³-hybridized carbons (Fsp3) is 0.803. The number of unbranched alkanes of at least 4 members (excludes halogenated alkanes) is 36. The van der Waals surface area contributed by atoms with Gasteiger partial charge in [0.15, 0.2) is 0 Å². The first-order chi connectivity index (χ1) is 30.8. The normalized spacial score (nSPS) is 12.3. The Kier molecular flexibility index (Phi) is 46.0. The van der Waals surface area contributed by atoms with E-state index >= 15 is 0 Å². The van der Waals surface area contributed by atoms with Crippen LogP contribution in [0.25, 0.3) is 0 Å². The summed E-state index contributed by atoms with van der Waals surface area (Å²) >= 11 is 0. The van der Waals surface area contributed by atoms with Crippen LogP contribution in [0.4, 0.5) is 0 Å². The number of hydrogen-bond donors (Lipinski definition) is 0. The van der Waals surface area contributed by atoms with E-state index < -0.39 is 0 Å². The van der Waals surface area contributed by atoms with E-state index in [-0.39, 0.29) is 0 Å². The fourth-order valence-corrected chi connectivity index (χ4v) is 9.63. The van der Waals surface area contributed by atoms with Crippen molar-refractivity contribution in [1.29, 1.82) is 0 Å². The molecule has 0 aromatic heterocycles. The van der Waals surface area contributed by atoms with Crippen molar-refractivity contribution in [3.8, 4) is 0 Å². The second-order valence-electron chi connectivity index (χ2n) is 20.0. The predicted octanol–water partition coefficient (Wildman–Crippen LogP) is 21.1. The van der Waals surface area contributed by atoms with Gasteiger partial charge in [0.05, 0.1) is 19.6 Å². The number of allylic oxidation sites excluding steroid dienone is 6. The molecule has 0 amide bonds. The minimum Gasteiger partial charge on any atom is -0.320 e. The van der Waals surface area contributed by atoms with Gasteiger partial charge in [-0.1, -0.05) is 242 Å². The molecule has 0 unspecified atom stereocenters. The third-order valence-electron chi connectivity index (χ3n) is 13.8. The van der Waals surface area contributed by atoms with E-state index in [1.54, 1.807) is 5.56 Å². The largest absolute Gasteiger partial charge is 0.320 e. The third-order valence-corrected chi connectivity index (χ3v) is 13.8. The van der Waals surface area contributed by atoms with Crippen LogP contribution in [-0.2, 0) is 6.54 Å². The molecule has 0 saturated carbocycles. The van der Waals surface area contributed by atoms with Crippen LogP contribution in [0.3, 0.4) is 0 Å². The highest BCUT2D eigenvalue weighted by Gasteiger charge is 2.26. The summed E-state index contributed by atoms with van der Waals surface area (Å²) in [6, 6.07) is 11.6. The predicted molar refractivity (Wildman–Crippen MR) is 283 cm³/mol. The summed E-state index contributed by atoms with van der Waals surface area (Å²) in [4.78, 5) is 0. The highest BCUT2D eigenvalue weighted by atomic mass is 15.3. The van der Waals surface area contributed by atoms with Crippen molar-refractivity contribution in [2.75, 3.05) is 19.6 Å². The Morgan fingerprint density at radius 2 is 0.500 bits per heavy atom. The van der Waals surface area contributed by atoms with Gasteiger partial charge in [-0.2, -0.15) is 0 Å². The Morgan fingerprint density at radius 1 is 0.274 bits per heavy atom. The van der Waals surface area contributed by atoms with Gasteiger partial charge in [-0.3, -0.25) is 0 Å². The summed E-state index contributed by atoms with van der Waals surface area (Å²) in [5, 5.41) is 0. The summed E-state index contributed by atoms with van der Waals surface area (Å²) in [7, 11) is 0. The second kappa shape index (κ2) is 48.8. The van der Waals surface area contributed by atoms with Crippen LogP contribution in [0.2, 0.25) is 0 Å². The van der Waals surface area contributed by atoms with Gasteiger partial charge in [0, 0.05) is 5.56 Å². The summed E-state index contributed by atoms with van der Waals surface area (Å²) in [6.45, 7) is 12.3. The molecule has 1 heteroatoms. The van der Waals surface area contributed by atoms with E-state index in [0.29, 0.717) is 0 Å². The molecule has 0 atom stereocenters. The monoisotopic (exact) mass is 859 g/mol. The molecule has 1 rings (SSSR count). The minimum absolute atomic E-state index is 1.25. The lowest BCUT2D eigenvalue weighted by Gasteiger charge is -2.39. The van der Waals surface area contributed by atoms with E-state index in [1.165, 1.54) is 300 Å². The number of benzene rings is 1. The van der Waals surface area contributed by atoms with Gasteiger partial charge in [-0.15, -0.1) is 0 Å². The lowest BCUT2D eigenvalue weighted by atomic mass is 10.0. The van der Waals surface area contributed by atoms with Crippen molar-refractivity contribution >= 4 is 0 Å². The minimum atomic E-state index is 1.25. The molecule has 1 aromatic carbocycles. The summed E-state index contributed by atoms with van der Waals surface area (Å²) in [5.74, 6) is 0. The van der Waals surface area contributed by atoms with Gasteiger partial charge in [0.1, 0.15) is 6.54 Å². The molecule has 0 spiro atoms. The smallest absolute Gasteiger partial charge is 0.104 e. The molecule has 0 radical (unpaired) electrons. The molecule has 0 heterocycles. The Bertz CT molecular complexity index is 964. The lowest BCUT2D eigenvalue weighted by molar-refractivity contribution is -0.941. The zero-order valence-electron chi connectivity index (χ0n) is 42.8. The summed E-state index contributed by atoms with van der Waals surface area (Å²) < 4.78 is 1.34. The third kappa shape index (κ3) is 41.1. The molecule has 0 saturated heterocycles. The Balaban J connectivity index is 2.49. The van der Waals surface area contributed by atoms with Gasteiger partial charge in [-0.05, 0) is 116 Å². The maximum Gasteiger partial charge on any atom is 0.104 e. The molecule has 0 fully saturated rings.